The van der Waals surface area contributed by atoms with Crippen molar-refractivity contribution in [3.63, 3.8) is 0 Å². The standard InChI is InChI=1S/C14H11Br2NO2/c1-19-9-6-7-11(15)10(8-9)14(18)17-13-5-3-2-4-12(13)16/h2-8H,1H3,(H,17,18). The number of carbonyl (C=O) groups is 1. The van der Waals surface area contributed by atoms with Gasteiger partial charge in [0.15, 0.2) is 0 Å². The Morgan fingerprint density at radius 1 is 1.11 bits per heavy atom. The van der Waals surface area contributed by atoms with Crippen molar-refractivity contribution in [3.8, 4) is 5.75 Å². The van der Waals surface area contributed by atoms with Gasteiger partial charge in [-0.15, -0.1) is 0 Å². The van der Waals surface area contributed by atoms with E-state index in [9.17, 15) is 4.79 Å². The first-order chi connectivity index (χ1) is 9.11. The molecule has 0 bridgehead atoms. The summed E-state index contributed by atoms with van der Waals surface area (Å²) in [4.78, 5) is 12.2. The van der Waals surface area contributed by atoms with E-state index in [1.807, 2.05) is 24.3 Å². The number of halogens is 2. The Hall–Kier alpha value is -1.33. The number of carbonyl (C=O) groups excluding carboxylic acids is 1. The molecule has 98 valence electrons. The molecular formula is C14H11Br2NO2. The molecule has 2 rings (SSSR count). The molecule has 19 heavy (non-hydrogen) atoms. The topological polar surface area (TPSA) is 38.3 Å². The van der Waals surface area contributed by atoms with Gasteiger partial charge in [-0.2, -0.15) is 0 Å². The zero-order chi connectivity index (χ0) is 13.8. The van der Waals surface area contributed by atoms with Gasteiger partial charge in [0.25, 0.3) is 5.91 Å². The van der Waals surface area contributed by atoms with Crippen molar-refractivity contribution in [1.29, 1.82) is 0 Å². The van der Waals surface area contributed by atoms with E-state index in [1.54, 1.807) is 25.3 Å². The first-order valence-corrected chi connectivity index (χ1v) is 7.10. The van der Waals surface area contributed by atoms with Gasteiger partial charge in [-0.3, -0.25) is 4.79 Å². The molecule has 0 spiro atoms. The molecule has 0 unspecified atom stereocenters. The Labute approximate surface area is 128 Å². The van der Waals surface area contributed by atoms with Crippen LogP contribution in [0.1, 0.15) is 10.4 Å². The Morgan fingerprint density at radius 2 is 1.84 bits per heavy atom. The average Bonchev–Trinajstić information content (AvgIpc) is 2.42. The van der Waals surface area contributed by atoms with E-state index in [0.29, 0.717) is 11.3 Å². The molecule has 0 saturated heterocycles. The van der Waals surface area contributed by atoms with Gasteiger partial charge >= 0.3 is 0 Å². The van der Waals surface area contributed by atoms with Crippen LogP contribution in [0.25, 0.3) is 0 Å². The molecule has 0 atom stereocenters. The molecule has 2 aromatic rings. The highest BCUT2D eigenvalue weighted by atomic mass is 79.9. The third-order valence-electron chi connectivity index (χ3n) is 2.54. The van der Waals surface area contributed by atoms with Crippen LogP contribution in [-0.4, -0.2) is 13.0 Å². The molecule has 0 aliphatic rings. The monoisotopic (exact) mass is 383 g/mol. The summed E-state index contributed by atoms with van der Waals surface area (Å²) in [5.41, 5.74) is 1.25. The Morgan fingerprint density at radius 3 is 2.53 bits per heavy atom. The lowest BCUT2D eigenvalue weighted by Crippen LogP contribution is -2.13. The second kappa shape index (κ2) is 6.21. The average molecular weight is 385 g/mol. The van der Waals surface area contributed by atoms with E-state index < -0.39 is 0 Å². The molecule has 1 N–H and O–H groups in total. The van der Waals surface area contributed by atoms with Gasteiger partial charge in [0.2, 0.25) is 0 Å². The summed E-state index contributed by atoms with van der Waals surface area (Å²) in [6, 6.07) is 12.7. The lowest BCUT2D eigenvalue weighted by molar-refractivity contribution is 0.102. The van der Waals surface area contributed by atoms with E-state index in [4.69, 9.17) is 4.74 Å². The molecule has 0 radical (unpaired) electrons. The number of benzene rings is 2. The third-order valence-corrected chi connectivity index (χ3v) is 3.92. The highest BCUT2D eigenvalue weighted by Crippen LogP contribution is 2.26. The summed E-state index contributed by atoms with van der Waals surface area (Å²) < 4.78 is 6.68. The van der Waals surface area contributed by atoms with E-state index in [2.05, 4.69) is 37.2 Å². The van der Waals surface area contributed by atoms with Gasteiger partial charge in [0.1, 0.15) is 5.75 Å². The minimum atomic E-state index is -0.197. The van der Waals surface area contributed by atoms with Crippen LogP contribution in [0.5, 0.6) is 5.75 Å². The molecule has 3 nitrogen and oxygen atoms in total. The number of anilines is 1. The number of para-hydroxylation sites is 1. The Balaban J connectivity index is 2.28. The fraction of sp³-hybridized carbons (Fsp3) is 0.0714. The van der Waals surface area contributed by atoms with Crippen LogP contribution in [0.3, 0.4) is 0 Å². The summed E-state index contributed by atoms with van der Waals surface area (Å²) in [6.45, 7) is 0. The van der Waals surface area contributed by atoms with E-state index in [0.717, 1.165) is 14.6 Å². The number of hydrogen-bond acceptors (Lipinski definition) is 2. The lowest BCUT2D eigenvalue weighted by Gasteiger charge is -2.09. The van der Waals surface area contributed by atoms with Crippen molar-refractivity contribution in [2.75, 3.05) is 12.4 Å². The smallest absolute Gasteiger partial charge is 0.256 e. The quantitative estimate of drug-likeness (QED) is 0.847. The molecule has 0 fully saturated rings. The fourth-order valence-corrected chi connectivity index (χ4v) is 2.37. The summed E-state index contributed by atoms with van der Waals surface area (Å²) >= 11 is 6.76. The molecule has 5 heteroatoms. The molecule has 0 aliphatic heterocycles. The summed E-state index contributed by atoms with van der Waals surface area (Å²) in [5, 5.41) is 2.85. The number of hydrogen-bond donors (Lipinski definition) is 1. The molecule has 1 amide bonds. The van der Waals surface area contributed by atoms with Gasteiger partial charge in [0.05, 0.1) is 18.4 Å². The first-order valence-electron chi connectivity index (χ1n) is 5.51. The SMILES string of the molecule is COc1ccc(Br)c(C(=O)Nc2ccccc2Br)c1. The Bertz CT molecular complexity index is 614. The van der Waals surface area contributed by atoms with Gasteiger partial charge in [-0.25, -0.2) is 0 Å². The third kappa shape index (κ3) is 3.36. The predicted octanol–water partition coefficient (Wildman–Crippen LogP) is 4.47. The zero-order valence-electron chi connectivity index (χ0n) is 10.1. The van der Waals surface area contributed by atoms with Crippen LogP contribution >= 0.6 is 31.9 Å². The minimum absolute atomic E-state index is 0.197. The highest BCUT2D eigenvalue weighted by molar-refractivity contribution is 9.11. The van der Waals surface area contributed by atoms with Crippen LogP contribution in [0.2, 0.25) is 0 Å². The van der Waals surface area contributed by atoms with E-state index in [1.165, 1.54) is 0 Å². The Kier molecular flexibility index (Phi) is 4.61. The van der Waals surface area contributed by atoms with Crippen molar-refractivity contribution < 1.29 is 9.53 Å². The maximum atomic E-state index is 12.2. The van der Waals surface area contributed by atoms with Crippen LogP contribution in [0.4, 0.5) is 5.69 Å². The first kappa shape index (κ1) is 14.1. The minimum Gasteiger partial charge on any atom is -0.497 e. The largest absolute Gasteiger partial charge is 0.497 e. The second-order valence-corrected chi connectivity index (χ2v) is 5.49. The summed E-state index contributed by atoms with van der Waals surface area (Å²) in [6.07, 6.45) is 0. The van der Waals surface area contributed by atoms with Crippen LogP contribution < -0.4 is 10.1 Å². The van der Waals surface area contributed by atoms with Crippen molar-refractivity contribution in [2.24, 2.45) is 0 Å². The van der Waals surface area contributed by atoms with Crippen LogP contribution in [0, 0.1) is 0 Å². The molecule has 0 saturated carbocycles. The maximum Gasteiger partial charge on any atom is 0.256 e. The predicted molar refractivity (Wildman–Crippen MR) is 82.8 cm³/mol. The number of nitrogens with one attached hydrogen (secondary N) is 1. The van der Waals surface area contributed by atoms with Crippen molar-refractivity contribution in [1.82, 2.24) is 0 Å². The molecule has 0 heterocycles. The van der Waals surface area contributed by atoms with Gasteiger partial charge in [-0.1, -0.05) is 12.1 Å². The van der Waals surface area contributed by atoms with Gasteiger partial charge in [-0.05, 0) is 62.2 Å². The summed E-state index contributed by atoms with van der Waals surface area (Å²) in [7, 11) is 1.57. The van der Waals surface area contributed by atoms with Crippen LogP contribution in [-0.2, 0) is 0 Å². The zero-order valence-corrected chi connectivity index (χ0v) is 13.3. The normalized spacial score (nSPS) is 10.1. The molecule has 0 aliphatic carbocycles. The van der Waals surface area contributed by atoms with Crippen molar-refractivity contribution in [2.45, 2.75) is 0 Å². The molecule has 0 aromatic heterocycles. The van der Waals surface area contributed by atoms with Crippen molar-refractivity contribution >= 4 is 43.5 Å². The second-order valence-electron chi connectivity index (χ2n) is 3.78. The highest BCUT2D eigenvalue weighted by Gasteiger charge is 2.12. The van der Waals surface area contributed by atoms with Gasteiger partial charge < -0.3 is 10.1 Å². The van der Waals surface area contributed by atoms with E-state index in [-0.39, 0.29) is 5.91 Å². The number of rotatable bonds is 3. The summed E-state index contributed by atoms with van der Waals surface area (Å²) in [5.74, 6) is 0.443. The van der Waals surface area contributed by atoms with Gasteiger partial charge in [0, 0.05) is 8.95 Å². The van der Waals surface area contributed by atoms with Crippen molar-refractivity contribution in [3.05, 3.63) is 57.0 Å². The number of amides is 1. The molecule has 2 aromatic carbocycles. The van der Waals surface area contributed by atoms with Crippen LogP contribution in [0.15, 0.2) is 51.4 Å². The number of ether oxygens (including phenoxy) is 1. The lowest BCUT2D eigenvalue weighted by atomic mass is 10.2. The maximum absolute atomic E-state index is 12.2. The molecular weight excluding hydrogens is 374 g/mol. The fourth-order valence-electron chi connectivity index (χ4n) is 1.56. The number of methoxy groups -OCH3 is 1. The van der Waals surface area contributed by atoms with E-state index >= 15 is 0 Å².